The summed E-state index contributed by atoms with van der Waals surface area (Å²) >= 11 is 0. The van der Waals surface area contributed by atoms with E-state index in [1.165, 1.54) is 0 Å². The Bertz CT molecular complexity index is 495. The Kier molecular flexibility index (Phi) is 3.54. The van der Waals surface area contributed by atoms with E-state index >= 15 is 0 Å². The van der Waals surface area contributed by atoms with E-state index in [4.69, 9.17) is 0 Å². The van der Waals surface area contributed by atoms with Crippen LogP contribution in [-0.4, -0.2) is 41.5 Å². The van der Waals surface area contributed by atoms with Crippen LogP contribution in [0.3, 0.4) is 0 Å². The van der Waals surface area contributed by atoms with Crippen LogP contribution in [0.1, 0.15) is 6.92 Å². The third-order valence-corrected chi connectivity index (χ3v) is 2.50. The molecular weight excluding hydrogens is 212 g/mol. The van der Waals surface area contributed by atoms with Gasteiger partial charge < -0.3 is 10.2 Å². The predicted octanol–water partition coefficient (Wildman–Crippen LogP) is 1.99. The molecule has 1 aromatic heterocycles. The Balaban J connectivity index is 2.14. The summed E-state index contributed by atoms with van der Waals surface area (Å²) in [5.41, 5.74) is 0.974. The first kappa shape index (κ1) is 11.8. The Morgan fingerprint density at radius 3 is 2.82 bits per heavy atom. The summed E-state index contributed by atoms with van der Waals surface area (Å²) in [5.74, 6) is 0.693. The number of aromatic nitrogens is 2. The molecule has 0 saturated heterocycles. The lowest BCUT2D eigenvalue weighted by Gasteiger charge is -2.18. The van der Waals surface area contributed by atoms with Gasteiger partial charge in [0.1, 0.15) is 0 Å². The highest BCUT2D eigenvalue weighted by Gasteiger charge is 2.05. The molecule has 0 radical (unpaired) electrons. The van der Waals surface area contributed by atoms with E-state index in [2.05, 4.69) is 41.2 Å². The standard InChI is InChI=1S/C13H18N4/c1-10(9-17(2)3)15-13-14-8-11-6-4-5-7-12(11)16-13/h4-8,10H,9H2,1-3H3,(H,14,15,16). The fourth-order valence-electron chi connectivity index (χ4n) is 1.86. The number of benzene rings is 1. The summed E-state index contributed by atoms with van der Waals surface area (Å²) in [5, 5.41) is 4.37. The first-order chi connectivity index (χ1) is 8.15. The zero-order valence-electron chi connectivity index (χ0n) is 10.5. The second-order valence-corrected chi connectivity index (χ2v) is 4.56. The zero-order chi connectivity index (χ0) is 12.3. The van der Waals surface area contributed by atoms with Gasteiger partial charge in [0.2, 0.25) is 5.95 Å². The molecule has 17 heavy (non-hydrogen) atoms. The quantitative estimate of drug-likeness (QED) is 0.872. The molecule has 0 aliphatic carbocycles. The topological polar surface area (TPSA) is 41.0 Å². The minimum absolute atomic E-state index is 0.325. The SMILES string of the molecule is CC(CN(C)C)Nc1ncc2ccccc2n1. The molecule has 2 aromatic rings. The highest BCUT2D eigenvalue weighted by molar-refractivity contribution is 5.78. The van der Waals surface area contributed by atoms with Gasteiger partial charge in [0.05, 0.1) is 5.52 Å². The highest BCUT2D eigenvalue weighted by atomic mass is 15.2. The van der Waals surface area contributed by atoms with Gasteiger partial charge in [-0.15, -0.1) is 0 Å². The Morgan fingerprint density at radius 1 is 1.29 bits per heavy atom. The monoisotopic (exact) mass is 230 g/mol. The van der Waals surface area contributed by atoms with Crippen LogP contribution < -0.4 is 5.32 Å². The van der Waals surface area contributed by atoms with Crippen molar-refractivity contribution in [2.45, 2.75) is 13.0 Å². The van der Waals surface area contributed by atoms with E-state index in [1.54, 1.807) is 0 Å². The van der Waals surface area contributed by atoms with Crippen LogP contribution in [-0.2, 0) is 0 Å². The Morgan fingerprint density at radius 2 is 2.06 bits per heavy atom. The second kappa shape index (κ2) is 5.10. The summed E-state index contributed by atoms with van der Waals surface area (Å²) in [6.45, 7) is 3.08. The number of nitrogens with one attached hydrogen (secondary N) is 1. The lowest BCUT2D eigenvalue weighted by Crippen LogP contribution is -2.30. The van der Waals surface area contributed by atoms with Gasteiger partial charge in [-0.1, -0.05) is 18.2 Å². The van der Waals surface area contributed by atoms with Gasteiger partial charge in [0, 0.05) is 24.2 Å². The van der Waals surface area contributed by atoms with Gasteiger partial charge in [-0.3, -0.25) is 0 Å². The minimum Gasteiger partial charge on any atom is -0.350 e. The highest BCUT2D eigenvalue weighted by Crippen LogP contribution is 2.12. The van der Waals surface area contributed by atoms with Gasteiger partial charge in [0.15, 0.2) is 0 Å². The normalized spacial score (nSPS) is 12.9. The van der Waals surface area contributed by atoms with Gasteiger partial charge in [-0.25, -0.2) is 9.97 Å². The fourth-order valence-corrected chi connectivity index (χ4v) is 1.86. The van der Waals surface area contributed by atoms with Gasteiger partial charge in [-0.05, 0) is 27.1 Å². The molecule has 1 heterocycles. The van der Waals surface area contributed by atoms with Crippen molar-refractivity contribution in [1.82, 2.24) is 14.9 Å². The first-order valence-corrected chi connectivity index (χ1v) is 5.78. The third-order valence-electron chi connectivity index (χ3n) is 2.50. The van der Waals surface area contributed by atoms with E-state index in [-0.39, 0.29) is 0 Å². The summed E-state index contributed by atoms with van der Waals surface area (Å²) < 4.78 is 0. The predicted molar refractivity (Wildman–Crippen MR) is 71.2 cm³/mol. The molecule has 1 aromatic carbocycles. The van der Waals surface area contributed by atoms with E-state index in [0.29, 0.717) is 12.0 Å². The minimum atomic E-state index is 0.325. The Labute approximate surface area is 102 Å². The van der Waals surface area contributed by atoms with E-state index in [9.17, 15) is 0 Å². The van der Waals surface area contributed by atoms with Crippen molar-refractivity contribution in [3.63, 3.8) is 0 Å². The molecule has 4 heteroatoms. The van der Waals surface area contributed by atoms with Gasteiger partial charge in [-0.2, -0.15) is 0 Å². The molecule has 0 aliphatic rings. The maximum Gasteiger partial charge on any atom is 0.223 e. The van der Waals surface area contributed by atoms with Crippen LogP contribution in [0.5, 0.6) is 0 Å². The van der Waals surface area contributed by atoms with Crippen molar-refractivity contribution in [1.29, 1.82) is 0 Å². The molecule has 90 valence electrons. The zero-order valence-corrected chi connectivity index (χ0v) is 10.5. The number of nitrogens with zero attached hydrogens (tertiary/aromatic N) is 3. The molecule has 1 unspecified atom stereocenters. The van der Waals surface area contributed by atoms with Crippen molar-refractivity contribution in [2.75, 3.05) is 26.0 Å². The van der Waals surface area contributed by atoms with Crippen LogP contribution in [0.2, 0.25) is 0 Å². The van der Waals surface area contributed by atoms with E-state index in [1.807, 2.05) is 30.5 Å². The lowest BCUT2D eigenvalue weighted by atomic mass is 10.2. The van der Waals surface area contributed by atoms with Crippen molar-refractivity contribution in [2.24, 2.45) is 0 Å². The van der Waals surface area contributed by atoms with Crippen LogP contribution in [0.25, 0.3) is 10.9 Å². The maximum atomic E-state index is 4.48. The number of fused-ring (bicyclic) bond motifs is 1. The number of para-hydroxylation sites is 1. The van der Waals surface area contributed by atoms with Gasteiger partial charge >= 0.3 is 0 Å². The summed E-state index contributed by atoms with van der Waals surface area (Å²) in [6, 6.07) is 8.32. The molecular formula is C13H18N4. The number of hydrogen-bond acceptors (Lipinski definition) is 4. The summed E-state index contributed by atoms with van der Waals surface area (Å²) in [4.78, 5) is 10.9. The summed E-state index contributed by atoms with van der Waals surface area (Å²) in [7, 11) is 4.11. The average Bonchev–Trinajstić information content (AvgIpc) is 2.27. The number of likely N-dealkylation sites (N-methyl/N-ethyl adjacent to an activating group) is 1. The third kappa shape index (κ3) is 3.14. The van der Waals surface area contributed by atoms with E-state index < -0.39 is 0 Å². The van der Waals surface area contributed by atoms with E-state index in [0.717, 1.165) is 17.4 Å². The molecule has 0 fully saturated rings. The maximum absolute atomic E-state index is 4.48. The van der Waals surface area contributed by atoms with Crippen molar-refractivity contribution in [3.8, 4) is 0 Å². The Hall–Kier alpha value is -1.68. The number of anilines is 1. The molecule has 2 rings (SSSR count). The molecule has 1 N–H and O–H groups in total. The van der Waals surface area contributed by atoms with Crippen LogP contribution in [0, 0.1) is 0 Å². The smallest absolute Gasteiger partial charge is 0.223 e. The van der Waals surface area contributed by atoms with Crippen molar-refractivity contribution < 1.29 is 0 Å². The molecule has 0 aliphatic heterocycles. The van der Waals surface area contributed by atoms with Crippen LogP contribution >= 0.6 is 0 Å². The van der Waals surface area contributed by atoms with Crippen LogP contribution in [0.4, 0.5) is 5.95 Å². The molecule has 0 bridgehead atoms. The molecule has 1 atom stereocenters. The molecule has 0 spiro atoms. The van der Waals surface area contributed by atoms with Crippen molar-refractivity contribution in [3.05, 3.63) is 30.5 Å². The fraction of sp³-hybridized carbons (Fsp3) is 0.385. The summed E-state index contributed by atoms with van der Waals surface area (Å²) in [6.07, 6.45) is 1.85. The van der Waals surface area contributed by atoms with Gasteiger partial charge in [0.25, 0.3) is 0 Å². The molecule has 4 nitrogen and oxygen atoms in total. The largest absolute Gasteiger partial charge is 0.350 e. The first-order valence-electron chi connectivity index (χ1n) is 5.78. The lowest BCUT2D eigenvalue weighted by molar-refractivity contribution is 0.391. The molecule has 0 saturated carbocycles. The number of hydrogen-bond donors (Lipinski definition) is 1. The molecule has 0 amide bonds. The van der Waals surface area contributed by atoms with Crippen LogP contribution in [0.15, 0.2) is 30.5 Å². The second-order valence-electron chi connectivity index (χ2n) is 4.56. The van der Waals surface area contributed by atoms with Crippen molar-refractivity contribution >= 4 is 16.9 Å². The average molecular weight is 230 g/mol. The number of rotatable bonds is 4.